The standard InChI is InChI=1S/C15H16N4O/c1-2-18-8-7-16-15(18)9-12(20)10-19-11-17-13-5-3-4-6-14(13)19/h3-8,11H,2,9-10H2,1H3. The van der Waals surface area contributed by atoms with Crippen LogP contribution in [0.4, 0.5) is 0 Å². The molecule has 0 saturated carbocycles. The number of aryl methyl sites for hydroxylation is 1. The van der Waals surface area contributed by atoms with Crippen LogP contribution in [0.25, 0.3) is 11.0 Å². The molecule has 0 N–H and O–H groups in total. The first kappa shape index (κ1) is 12.6. The summed E-state index contributed by atoms with van der Waals surface area (Å²) in [5.74, 6) is 0.955. The van der Waals surface area contributed by atoms with Crippen LogP contribution >= 0.6 is 0 Å². The molecule has 0 aliphatic rings. The molecule has 3 aromatic rings. The molecular weight excluding hydrogens is 252 g/mol. The molecule has 5 heteroatoms. The maximum atomic E-state index is 12.2. The fraction of sp³-hybridized carbons (Fsp3) is 0.267. The second-order valence-corrected chi connectivity index (χ2v) is 4.71. The second-order valence-electron chi connectivity index (χ2n) is 4.71. The summed E-state index contributed by atoms with van der Waals surface area (Å²) in [4.78, 5) is 20.7. The lowest BCUT2D eigenvalue weighted by Gasteiger charge is -2.05. The Morgan fingerprint density at radius 2 is 2.05 bits per heavy atom. The van der Waals surface area contributed by atoms with Crippen molar-refractivity contribution < 1.29 is 4.79 Å². The van der Waals surface area contributed by atoms with Crippen molar-refractivity contribution in [1.29, 1.82) is 0 Å². The van der Waals surface area contributed by atoms with Gasteiger partial charge in [-0.25, -0.2) is 9.97 Å². The molecule has 0 unspecified atom stereocenters. The Kier molecular flexibility index (Phi) is 3.33. The maximum absolute atomic E-state index is 12.2. The van der Waals surface area contributed by atoms with Crippen LogP contribution < -0.4 is 0 Å². The van der Waals surface area contributed by atoms with Crippen molar-refractivity contribution in [3.63, 3.8) is 0 Å². The zero-order valence-corrected chi connectivity index (χ0v) is 11.4. The number of hydrogen-bond donors (Lipinski definition) is 0. The van der Waals surface area contributed by atoms with E-state index in [-0.39, 0.29) is 5.78 Å². The van der Waals surface area contributed by atoms with Gasteiger partial charge in [-0.3, -0.25) is 4.79 Å². The van der Waals surface area contributed by atoms with Gasteiger partial charge in [-0.1, -0.05) is 12.1 Å². The summed E-state index contributed by atoms with van der Waals surface area (Å²) < 4.78 is 3.88. The number of carbonyl (C=O) groups is 1. The summed E-state index contributed by atoms with van der Waals surface area (Å²) in [6, 6.07) is 7.82. The lowest BCUT2D eigenvalue weighted by Crippen LogP contribution is -2.15. The van der Waals surface area contributed by atoms with Gasteiger partial charge in [0.1, 0.15) is 5.82 Å². The van der Waals surface area contributed by atoms with E-state index in [2.05, 4.69) is 9.97 Å². The maximum Gasteiger partial charge on any atom is 0.160 e. The van der Waals surface area contributed by atoms with Crippen LogP contribution in [-0.4, -0.2) is 24.9 Å². The first-order valence-corrected chi connectivity index (χ1v) is 6.69. The van der Waals surface area contributed by atoms with Crippen LogP contribution in [0.3, 0.4) is 0 Å². The van der Waals surface area contributed by atoms with E-state index in [4.69, 9.17) is 0 Å². The molecule has 102 valence electrons. The summed E-state index contributed by atoms with van der Waals surface area (Å²) >= 11 is 0. The van der Waals surface area contributed by atoms with E-state index in [9.17, 15) is 4.79 Å². The van der Waals surface area contributed by atoms with E-state index < -0.39 is 0 Å². The molecule has 5 nitrogen and oxygen atoms in total. The highest BCUT2D eigenvalue weighted by molar-refractivity contribution is 5.83. The first-order valence-electron chi connectivity index (χ1n) is 6.69. The number of Topliss-reactive ketones (excluding diaryl/α,β-unsaturated/α-hetero) is 1. The Morgan fingerprint density at radius 1 is 1.20 bits per heavy atom. The molecule has 0 radical (unpaired) electrons. The van der Waals surface area contributed by atoms with Gasteiger partial charge < -0.3 is 9.13 Å². The summed E-state index contributed by atoms with van der Waals surface area (Å²) in [5, 5.41) is 0. The minimum absolute atomic E-state index is 0.133. The number of benzene rings is 1. The van der Waals surface area contributed by atoms with Crippen LogP contribution in [-0.2, 0) is 24.3 Å². The number of fused-ring (bicyclic) bond motifs is 1. The molecule has 1 aromatic carbocycles. The number of hydrogen-bond acceptors (Lipinski definition) is 3. The van der Waals surface area contributed by atoms with E-state index in [1.165, 1.54) is 0 Å². The van der Waals surface area contributed by atoms with Gasteiger partial charge in [0.15, 0.2) is 5.78 Å². The van der Waals surface area contributed by atoms with E-state index in [1.807, 2.05) is 46.5 Å². The predicted molar refractivity (Wildman–Crippen MR) is 76.3 cm³/mol. The normalized spacial score (nSPS) is 11.1. The Hall–Kier alpha value is -2.43. The van der Waals surface area contributed by atoms with Crippen molar-refractivity contribution in [2.45, 2.75) is 26.4 Å². The molecule has 2 aromatic heterocycles. The summed E-state index contributed by atoms with van der Waals surface area (Å²) in [5.41, 5.74) is 1.90. The number of rotatable bonds is 5. The molecular formula is C15H16N4O. The monoisotopic (exact) mass is 268 g/mol. The van der Waals surface area contributed by atoms with Crippen molar-refractivity contribution in [3.8, 4) is 0 Å². The highest BCUT2D eigenvalue weighted by Crippen LogP contribution is 2.12. The van der Waals surface area contributed by atoms with E-state index in [0.717, 1.165) is 23.4 Å². The smallest absolute Gasteiger partial charge is 0.160 e. The molecule has 0 aliphatic carbocycles. The van der Waals surface area contributed by atoms with Crippen molar-refractivity contribution in [2.75, 3.05) is 0 Å². The van der Waals surface area contributed by atoms with Crippen molar-refractivity contribution in [2.24, 2.45) is 0 Å². The number of nitrogens with zero attached hydrogens (tertiary/aromatic N) is 4. The summed E-state index contributed by atoms with van der Waals surface area (Å²) in [7, 11) is 0. The van der Waals surface area contributed by atoms with Crippen molar-refractivity contribution in [3.05, 3.63) is 48.8 Å². The average molecular weight is 268 g/mol. The highest BCUT2D eigenvalue weighted by Gasteiger charge is 2.11. The van der Waals surface area contributed by atoms with Crippen LogP contribution in [0.15, 0.2) is 43.0 Å². The molecule has 0 saturated heterocycles. The zero-order valence-electron chi connectivity index (χ0n) is 11.4. The van der Waals surface area contributed by atoms with Crippen LogP contribution in [0.1, 0.15) is 12.7 Å². The largest absolute Gasteiger partial charge is 0.335 e. The molecule has 2 heterocycles. The third-order valence-electron chi connectivity index (χ3n) is 3.37. The molecule has 0 fully saturated rings. The van der Waals surface area contributed by atoms with E-state index in [0.29, 0.717) is 13.0 Å². The third kappa shape index (κ3) is 2.34. The first-order chi connectivity index (χ1) is 9.78. The molecule has 0 bridgehead atoms. The number of aromatic nitrogens is 4. The fourth-order valence-corrected chi connectivity index (χ4v) is 2.35. The molecule has 0 spiro atoms. The van der Waals surface area contributed by atoms with Gasteiger partial charge in [0.2, 0.25) is 0 Å². The van der Waals surface area contributed by atoms with Gasteiger partial charge in [0, 0.05) is 18.9 Å². The molecule has 20 heavy (non-hydrogen) atoms. The Bertz CT molecular complexity index is 741. The lowest BCUT2D eigenvalue weighted by atomic mass is 10.2. The zero-order chi connectivity index (χ0) is 13.9. The Balaban J connectivity index is 1.76. The highest BCUT2D eigenvalue weighted by atomic mass is 16.1. The second kappa shape index (κ2) is 5.28. The quantitative estimate of drug-likeness (QED) is 0.711. The number of imidazole rings is 2. The van der Waals surface area contributed by atoms with Gasteiger partial charge in [0.25, 0.3) is 0 Å². The summed E-state index contributed by atoms with van der Waals surface area (Å²) in [6.07, 6.45) is 5.70. The minimum atomic E-state index is 0.133. The van der Waals surface area contributed by atoms with Crippen LogP contribution in [0.5, 0.6) is 0 Å². The SMILES string of the molecule is CCn1ccnc1CC(=O)Cn1cnc2ccccc21. The summed E-state index contributed by atoms with van der Waals surface area (Å²) in [6.45, 7) is 3.20. The van der Waals surface area contributed by atoms with Crippen molar-refractivity contribution >= 4 is 16.8 Å². The molecule has 3 rings (SSSR count). The fourth-order valence-electron chi connectivity index (χ4n) is 2.35. The van der Waals surface area contributed by atoms with Gasteiger partial charge >= 0.3 is 0 Å². The minimum Gasteiger partial charge on any atom is -0.335 e. The van der Waals surface area contributed by atoms with Crippen molar-refractivity contribution in [1.82, 2.24) is 19.1 Å². The molecule has 0 amide bonds. The number of para-hydroxylation sites is 2. The van der Waals surface area contributed by atoms with Gasteiger partial charge in [0.05, 0.1) is 30.3 Å². The predicted octanol–water partition coefficient (Wildman–Crippen LogP) is 2.06. The Morgan fingerprint density at radius 3 is 2.90 bits per heavy atom. The third-order valence-corrected chi connectivity index (χ3v) is 3.37. The van der Waals surface area contributed by atoms with Crippen LogP contribution in [0, 0.1) is 0 Å². The number of ketones is 1. The van der Waals surface area contributed by atoms with Gasteiger partial charge in [-0.2, -0.15) is 0 Å². The van der Waals surface area contributed by atoms with Gasteiger partial charge in [-0.05, 0) is 19.1 Å². The van der Waals surface area contributed by atoms with E-state index in [1.54, 1.807) is 12.5 Å². The number of carbonyl (C=O) groups excluding carboxylic acids is 1. The Labute approximate surface area is 116 Å². The molecule has 0 atom stereocenters. The van der Waals surface area contributed by atoms with Gasteiger partial charge in [-0.15, -0.1) is 0 Å². The van der Waals surface area contributed by atoms with Crippen LogP contribution in [0.2, 0.25) is 0 Å². The molecule has 0 aliphatic heterocycles. The average Bonchev–Trinajstić information content (AvgIpc) is 3.06. The topological polar surface area (TPSA) is 52.7 Å². The lowest BCUT2D eigenvalue weighted by molar-refractivity contribution is -0.119. The van der Waals surface area contributed by atoms with E-state index >= 15 is 0 Å².